The summed E-state index contributed by atoms with van der Waals surface area (Å²) in [6, 6.07) is 6.01. The normalized spacial score (nSPS) is 15.0. The number of hydrogen-bond acceptors (Lipinski definition) is 0. The Morgan fingerprint density at radius 1 is 1.40 bits per heavy atom. The molecule has 0 aliphatic rings. The molecule has 0 nitrogen and oxygen atoms in total. The summed E-state index contributed by atoms with van der Waals surface area (Å²) in [4.78, 5) is 0. The van der Waals surface area contributed by atoms with Crippen LogP contribution in [0, 0.1) is 5.41 Å². The Kier molecular flexibility index (Phi) is 4.95. The first-order valence-corrected chi connectivity index (χ1v) is 6.71. The zero-order valence-corrected chi connectivity index (χ0v) is 12.1. The molecule has 1 rings (SSSR count). The van der Waals surface area contributed by atoms with Crippen LogP contribution >= 0.6 is 39.1 Å². The van der Waals surface area contributed by atoms with Gasteiger partial charge in [0, 0.05) is 15.4 Å². The van der Waals surface area contributed by atoms with E-state index in [2.05, 4.69) is 35.8 Å². The molecule has 0 saturated carbocycles. The van der Waals surface area contributed by atoms with Gasteiger partial charge in [0.2, 0.25) is 0 Å². The highest BCUT2D eigenvalue weighted by molar-refractivity contribution is 9.10. The van der Waals surface area contributed by atoms with Crippen molar-refractivity contribution >= 4 is 39.1 Å². The maximum Gasteiger partial charge on any atom is 0.0449 e. The maximum atomic E-state index is 6.18. The average molecular weight is 310 g/mol. The van der Waals surface area contributed by atoms with Gasteiger partial charge in [-0.05, 0) is 36.0 Å². The Hall–Kier alpha value is 0.280. The van der Waals surface area contributed by atoms with E-state index in [4.69, 9.17) is 23.2 Å². The molecule has 1 atom stereocenters. The van der Waals surface area contributed by atoms with E-state index in [0.29, 0.717) is 5.88 Å². The number of benzene rings is 1. The number of halogens is 3. The quantitative estimate of drug-likeness (QED) is 0.662. The van der Waals surface area contributed by atoms with Gasteiger partial charge in [-0.15, -0.1) is 11.6 Å². The molecule has 0 saturated heterocycles. The topological polar surface area (TPSA) is 0 Å². The third-order valence-corrected chi connectivity index (χ3v) is 4.30. The minimum absolute atomic E-state index is 0.138. The summed E-state index contributed by atoms with van der Waals surface area (Å²) in [5, 5.41) is 0.814. The van der Waals surface area contributed by atoms with E-state index in [1.54, 1.807) is 0 Å². The van der Waals surface area contributed by atoms with Gasteiger partial charge in [0.25, 0.3) is 0 Å². The molecule has 0 heterocycles. The molecular formula is C12H15BrCl2. The highest BCUT2D eigenvalue weighted by atomic mass is 79.9. The van der Waals surface area contributed by atoms with Crippen LogP contribution in [-0.2, 0) is 6.42 Å². The van der Waals surface area contributed by atoms with Crippen molar-refractivity contribution < 1.29 is 0 Å². The van der Waals surface area contributed by atoms with Gasteiger partial charge in [0.05, 0.1) is 0 Å². The number of alkyl halides is 1. The lowest BCUT2D eigenvalue weighted by Gasteiger charge is -2.25. The molecule has 0 aromatic heterocycles. The summed E-state index contributed by atoms with van der Waals surface area (Å²) < 4.78 is 1.01. The zero-order valence-electron chi connectivity index (χ0n) is 8.99. The van der Waals surface area contributed by atoms with Gasteiger partial charge in [0.15, 0.2) is 0 Å². The number of hydrogen-bond donors (Lipinski definition) is 0. The summed E-state index contributed by atoms with van der Waals surface area (Å²) in [6.07, 6.45) is 1.99. The van der Waals surface area contributed by atoms with Gasteiger partial charge in [-0.3, -0.25) is 0 Å². The lowest BCUT2D eigenvalue weighted by Crippen LogP contribution is -2.20. The Morgan fingerprint density at radius 2 is 2.07 bits per heavy atom. The van der Waals surface area contributed by atoms with Crippen LogP contribution in [0.4, 0.5) is 0 Å². The number of rotatable bonds is 4. The molecule has 0 radical (unpaired) electrons. The molecular weight excluding hydrogens is 295 g/mol. The van der Waals surface area contributed by atoms with Crippen LogP contribution in [0.15, 0.2) is 22.7 Å². The van der Waals surface area contributed by atoms with Crippen molar-refractivity contribution in [1.82, 2.24) is 0 Å². The van der Waals surface area contributed by atoms with Crippen LogP contribution in [0.25, 0.3) is 0 Å². The second-order valence-electron chi connectivity index (χ2n) is 4.21. The summed E-state index contributed by atoms with van der Waals surface area (Å²) in [5.41, 5.74) is 1.31. The molecule has 0 spiro atoms. The van der Waals surface area contributed by atoms with Gasteiger partial charge >= 0.3 is 0 Å². The van der Waals surface area contributed by atoms with E-state index in [0.717, 1.165) is 22.3 Å². The smallest absolute Gasteiger partial charge is 0.0449 e. The molecule has 15 heavy (non-hydrogen) atoms. The molecule has 1 aromatic rings. The molecule has 0 fully saturated rings. The van der Waals surface area contributed by atoms with Crippen LogP contribution in [0.3, 0.4) is 0 Å². The van der Waals surface area contributed by atoms with Gasteiger partial charge in [-0.25, -0.2) is 0 Å². The van der Waals surface area contributed by atoms with E-state index in [1.807, 2.05) is 12.1 Å². The molecule has 0 aliphatic carbocycles. The standard InChI is InChI=1S/C12H15BrCl2/c1-3-12(2,8-14)7-9-4-5-10(13)6-11(9)15/h4-6H,3,7-8H2,1-2H3. The van der Waals surface area contributed by atoms with E-state index >= 15 is 0 Å². The van der Waals surface area contributed by atoms with Crippen molar-refractivity contribution in [2.75, 3.05) is 5.88 Å². The van der Waals surface area contributed by atoms with Crippen molar-refractivity contribution in [3.05, 3.63) is 33.3 Å². The Balaban J connectivity index is 2.89. The highest BCUT2D eigenvalue weighted by Crippen LogP contribution is 2.32. The highest BCUT2D eigenvalue weighted by Gasteiger charge is 2.22. The first-order valence-electron chi connectivity index (χ1n) is 5.00. The molecule has 0 bridgehead atoms. The van der Waals surface area contributed by atoms with Crippen molar-refractivity contribution in [2.24, 2.45) is 5.41 Å². The van der Waals surface area contributed by atoms with Gasteiger partial charge in [-0.1, -0.05) is 47.4 Å². The Morgan fingerprint density at radius 3 is 2.53 bits per heavy atom. The van der Waals surface area contributed by atoms with E-state index in [-0.39, 0.29) is 5.41 Å². The van der Waals surface area contributed by atoms with Crippen LogP contribution in [0.5, 0.6) is 0 Å². The largest absolute Gasteiger partial charge is 0.126 e. The third kappa shape index (κ3) is 3.65. The fourth-order valence-electron chi connectivity index (χ4n) is 1.39. The average Bonchev–Trinajstić information content (AvgIpc) is 2.22. The van der Waals surface area contributed by atoms with Crippen molar-refractivity contribution in [3.63, 3.8) is 0 Å². The maximum absolute atomic E-state index is 6.18. The minimum atomic E-state index is 0.138. The monoisotopic (exact) mass is 308 g/mol. The van der Waals surface area contributed by atoms with Crippen LogP contribution in [0.2, 0.25) is 5.02 Å². The molecule has 84 valence electrons. The lowest BCUT2D eigenvalue weighted by molar-refractivity contribution is 0.355. The first kappa shape index (κ1) is 13.3. The molecule has 0 amide bonds. The second-order valence-corrected chi connectivity index (χ2v) is 5.80. The van der Waals surface area contributed by atoms with Gasteiger partial charge in [-0.2, -0.15) is 0 Å². The van der Waals surface area contributed by atoms with Crippen molar-refractivity contribution in [1.29, 1.82) is 0 Å². The Bertz CT molecular complexity index is 332. The summed E-state index contributed by atoms with van der Waals surface area (Å²) in [6.45, 7) is 4.35. The van der Waals surface area contributed by atoms with Gasteiger partial charge in [0.1, 0.15) is 0 Å². The molecule has 3 heteroatoms. The van der Waals surface area contributed by atoms with Crippen LogP contribution in [0.1, 0.15) is 25.8 Å². The summed E-state index contributed by atoms with van der Waals surface area (Å²) in [7, 11) is 0. The van der Waals surface area contributed by atoms with Crippen LogP contribution in [-0.4, -0.2) is 5.88 Å². The van der Waals surface area contributed by atoms with Crippen molar-refractivity contribution in [3.8, 4) is 0 Å². The molecule has 1 aromatic carbocycles. The fraction of sp³-hybridized carbons (Fsp3) is 0.500. The predicted octanol–water partition coefficient (Wildman–Crippen LogP) is 5.30. The SMILES string of the molecule is CCC(C)(CCl)Cc1ccc(Br)cc1Cl. The predicted molar refractivity (Wildman–Crippen MR) is 72.0 cm³/mol. The minimum Gasteiger partial charge on any atom is -0.126 e. The fourth-order valence-corrected chi connectivity index (χ4v) is 2.42. The van der Waals surface area contributed by atoms with E-state index in [1.165, 1.54) is 5.56 Å². The molecule has 0 aliphatic heterocycles. The second kappa shape index (κ2) is 5.56. The first-order chi connectivity index (χ1) is 7.00. The molecule has 0 N–H and O–H groups in total. The van der Waals surface area contributed by atoms with Gasteiger partial charge < -0.3 is 0 Å². The van der Waals surface area contributed by atoms with Crippen LogP contribution < -0.4 is 0 Å². The van der Waals surface area contributed by atoms with E-state index < -0.39 is 0 Å². The van der Waals surface area contributed by atoms with E-state index in [9.17, 15) is 0 Å². The summed E-state index contributed by atoms with van der Waals surface area (Å²) >= 11 is 15.6. The molecule has 1 unspecified atom stereocenters. The Labute approximate surface area is 110 Å². The third-order valence-electron chi connectivity index (χ3n) is 2.81. The lowest BCUT2D eigenvalue weighted by atomic mass is 9.83. The van der Waals surface area contributed by atoms with Crippen molar-refractivity contribution in [2.45, 2.75) is 26.7 Å². The zero-order chi connectivity index (χ0) is 11.5. The summed E-state index contributed by atoms with van der Waals surface area (Å²) in [5.74, 6) is 0.663.